The molecule has 0 aliphatic rings. The first kappa shape index (κ1) is 17.3. The molecule has 0 aromatic heterocycles. The summed E-state index contributed by atoms with van der Waals surface area (Å²) in [5.41, 5.74) is -0.202. The second-order valence-corrected chi connectivity index (χ2v) is 5.89. The molecule has 0 saturated heterocycles. The van der Waals surface area contributed by atoms with Crippen molar-refractivity contribution in [2.75, 3.05) is 6.61 Å². The van der Waals surface area contributed by atoms with Crippen molar-refractivity contribution in [3.63, 3.8) is 0 Å². The van der Waals surface area contributed by atoms with Crippen LogP contribution < -0.4 is 5.32 Å². The number of ether oxygens (including phenoxy) is 1. The van der Waals surface area contributed by atoms with Crippen molar-refractivity contribution < 1.29 is 9.53 Å². The lowest BCUT2D eigenvalue weighted by Crippen LogP contribution is -2.40. The van der Waals surface area contributed by atoms with E-state index < -0.39 is 0 Å². The molecule has 0 saturated carbocycles. The zero-order chi connectivity index (χ0) is 14.2. The van der Waals surface area contributed by atoms with Gasteiger partial charge in [0.05, 0.1) is 6.61 Å². The van der Waals surface area contributed by atoms with Crippen LogP contribution in [0, 0.1) is 0 Å². The van der Waals surface area contributed by atoms with E-state index in [1.807, 2.05) is 45.0 Å². The molecule has 0 fully saturated rings. The van der Waals surface area contributed by atoms with Gasteiger partial charge in [-0.3, -0.25) is 0 Å². The molecule has 0 atom stereocenters. The number of carbonyl (C=O) groups is 1. The van der Waals surface area contributed by atoms with E-state index >= 15 is 0 Å². The molecule has 0 bridgehead atoms. The standard InChI is InChI=1S/C7H15NO2.C6H4BrCl/c1-5-10-6(9)8-7(2,3)4;7-5-2-1-3-6(8)4-5/h5H2,1-4H3,(H,8,9);1-4H. The zero-order valence-electron chi connectivity index (χ0n) is 11.1. The van der Waals surface area contributed by atoms with E-state index in [4.69, 9.17) is 11.6 Å². The van der Waals surface area contributed by atoms with Crippen LogP contribution in [0.25, 0.3) is 0 Å². The number of alkyl carbamates (subject to hydrolysis) is 1. The van der Waals surface area contributed by atoms with E-state index in [9.17, 15) is 4.79 Å². The van der Waals surface area contributed by atoms with Gasteiger partial charge in [0.15, 0.2) is 0 Å². The predicted molar refractivity (Wildman–Crippen MR) is 79.1 cm³/mol. The molecular weight excluding hydrogens is 318 g/mol. The van der Waals surface area contributed by atoms with Crippen molar-refractivity contribution in [3.8, 4) is 0 Å². The molecule has 0 spiro atoms. The van der Waals surface area contributed by atoms with Crippen LogP contribution in [0.1, 0.15) is 27.7 Å². The maximum absolute atomic E-state index is 10.7. The summed E-state index contributed by atoms with van der Waals surface area (Å²) in [4.78, 5) is 10.7. The van der Waals surface area contributed by atoms with Crippen LogP contribution in [-0.2, 0) is 4.74 Å². The second kappa shape index (κ2) is 8.38. The van der Waals surface area contributed by atoms with Crippen LogP contribution in [0.5, 0.6) is 0 Å². The first-order valence-electron chi connectivity index (χ1n) is 5.60. The number of halogens is 2. The van der Waals surface area contributed by atoms with E-state index in [1.165, 1.54) is 0 Å². The quantitative estimate of drug-likeness (QED) is 0.811. The molecule has 5 heteroatoms. The normalized spacial score (nSPS) is 10.1. The molecule has 1 N–H and O–H groups in total. The molecule has 0 aliphatic carbocycles. The Hall–Kier alpha value is -0.740. The summed E-state index contributed by atoms with van der Waals surface area (Å²) in [6.07, 6.45) is -0.352. The summed E-state index contributed by atoms with van der Waals surface area (Å²) in [5, 5.41) is 3.42. The van der Waals surface area contributed by atoms with Crippen molar-refractivity contribution in [3.05, 3.63) is 33.8 Å². The Balaban J connectivity index is 0.000000327. The average Bonchev–Trinajstić information content (AvgIpc) is 2.15. The molecule has 18 heavy (non-hydrogen) atoms. The summed E-state index contributed by atoms with van der Waals surface area (Å²) in [5.74, 6) is 0. The van der Waals surface area contributed by atoms with Crippen LogP contribution in [0.4, 0.5) is 4.79 Å². The highest BCUT2D eigenvalue weighted by Crippen LogP contribution is 2.14. The van der Waals surface area contributed by atoms with E-state index in [-0.39, 0.29) is 11.6 Å². The van der Waals surface area contributed by atoms with Crippen LogP contribution in [0.2, 0.25) is 5.02 Å². The highest BCUT2D eigenvalue weighted by atomic mass is 79.9. The van der Waals surface area contributed by atoms with Gasteiger partial charge in [-0.05, 0) is 45.9 Å². The molecule has 0 aliphatic heterocycles. The lowest BCUT2D eigenvalue weighted by atomic mass is 10.1. The lowest BCUT2D eigenvalue weighted by molar-refractivity contribution is 0.143. The molecule has 0 unspecified atom stereocenters. The Kier molecular flexibility index (Phi) is 8.03. The summed E-state index contributed by atoms with van der Waals surface area (Å²) in [6, 6.07) is 7.52. The van der Waals surface area contributed by atoms with Crippen LogP contribution in [-0.4, -0.2) is 18.2 Å². The fourth-order valence-electron chi connectivity index (χ4n) is 0.933. The Morgan fingerprint density at radius 2 is 2.06 bits per heavy atom. The largest absolute Gasteiger partial charge is 0.450 e. The van der Waals surface area contributed by atoms with Crippen molar-refractivity contribution >= 4 is 33.6 Å². The zero-order valence-corrected chi connectivity index (χ0v) is 13.4. The number of benzene rings is 1. The topological polar surface area (TPSA) is 38.3 Å². The summed E-state index contributed by atoms with van der Waals surface area (Å²) < 4.78 is 5.69. The van der Waals surface area contributed by atoms with Gasteiger partial charge in [0.1, 0.15) is 0 Å². The minimum atomic E-state index is -0.352. The molecular formula is C13H19BrClNO2. The molecule has 0 heterocycles. The molecule has 1 rings (SSSR count). The van der Waals surface area contributed by atoms with Crippen molar-refractivity contribution in [2.45, 2.75) is 33.2 Å². The van der Waals surface area contributed by atoms with Gasteiger partial charge in [0.25, 0.3) is 0 Å². The van der Waals surface area contributed by atoms with Crippen LogP contribution in [0.15, 0.2) is 28.7 Å². The fraction of sp³-hybridized carbons (Fsp3) is 0.462. The van der Waals surface area contributed by atoms with Gasteiger partial charge in [0.2, 0.25) is 0 Å². The molecule has 102 valence electrons. The van der Waals surface area contributed by atoms with Crippen LogP contribution >= 0.6 is 27.5 Å². The SMILES string of the molecule is CCOC(=O)NC(C)(C)C.Clc1cccc(Br)c1. The van der Waals surface area contributed by atoms with Gasteiger partial charge in [-0.15, -0.1) is 0 Å². The summed E-state index contributed by atoms with van der Waals surface area (Å²) >= 11 is 8.89. The highest BCUT2D eigenvalue weighted by molar-refractivity contribution is 9.10. The number of amides is 1. The number of rotatable bonds is 1. The van der Waals surface area contributed by atoms with Gasteiger partial charge in [-0.2, -0.15) is 0 Å². The maximum atomic E-state index is 10.7. The van der Waals surface area contributed by atoms with Crippen LogP contribution in [0.3, 0.4) is 0 Å². The third-order valence-corrected chi connectivity index (χ3v) is 2.27. The van der Waals surface area contributed by atoms with Crippen molar-refractivity contribution in [1.82, 2.24) is 5.32 Å². The molecule has 1 aromatic carbocycles. The van der Waals surface area contributed by atoms with E-state index in [2.05, 4.69) is 26.0 Å². The predicted octanol–water partition coefficient (Wildman–Crippen LogP) is 4.63. The second-order valence-electron chi connectivity index (χ2n) is 4.54. The minimum Gasteiger partial charge on any atom is -0.450 e. The number of hydrogen-bond donors (Lipinski definition) is 1. The molecule has 3 nitrogen and oxygen atoms in total. The first-order valence-corrected chi connectivity index (χ1v) is 6.77. The fourth-order valence-corrected chi connectivity index (χ4v) is 1.65. The number of hydrogen-bond acceptors (Lipinski definition) is 2. The van der Waals surface area contributed by atoms with Crippen molar-refractivity contribution in [1.29, 1.82) is 0 Å². The molecule has 1 amide bonds. The Morgan fingerprint density at radius 3 is 2.39 bits per heavy atom. The minimum absolute atomic E-state index is 0.202. The highest BCUT2D eigenvalue weighted by Gasteiger charge is 2.13. The van der Waals surface area contributed by atoms with Gasteiger partial charge < -0.3 is 10.1 Å². The molecule has 1 aromatic rings. The van der Waals surface area contributed by atoms with Gasteiger partial charge in [-0.25, -0.2) is 4.79 Å². The smallest absolute Gasteiger partial charge is 0.407 e. The lowest BCUT2D eigenvalue weighted by Gasteiger charge is -2.19. The van der Waals surface area contributed by atoms with Gasteiger partial charge >= 0.3 is 6.09 Å². The maximum Gasteiger partial charge on any atom is 0.407 e. The van der Waals surface area contributed by atoms with Gasteiger partial charge in [0, 0.05) is 15.0 Å². The van der Waals surface area contributed by atoms with E-state index in [1.54, 1.807) is 6.92 Å². The summed E-state index contributed by atoms with van der Waals surface area (Å²) in [6.45, 7) is 7.92. The third kappa shape index (κ3) is 10.4. The average molecular weight is 337 g/mol. The van der Waals surface area contributed by atoms with E-state index in [0.29, 0.717) is 6.61 Å². The molecule has 0 radical (unpaired) electrons. The van der Waals surface area contributed by atoms with Crippen molar-refractivity contribution in [2.24, 2.45) is 0 Å². The van der Waals surface area contributed by atoms with E-state index in [0.717, 1.165) is 9.50 Å². The number of nitrogens with one attached hydrogen (secondary N) is 1. The third-order valence-electron chi connectivity index (χ3n) is 1.54. The monoisotopic (exact) mass is 335 g/mol. The first-order chi connectivity index (χ1) is 8.24. The summed E-state index contributed by atoms with van der Waals surface area (Å²) in [7, 11) is 0. The Bertz CT molecular complexity index is 360. The Morgan fingerprint density at radius 1 is 1.44 bits per heavy atom. The Labute approximate surface area is 122 Å². The van der Waals surface area contributed by atoms with Gasteiger partial charge in [-0.1, -0.05) is 33.6 Å². The number of carbonyl (C=O) groups excluding carboxylic acids is 1.